The molecule has 1 N–H and O–H groups in total. The summed E-state index contributed by atoms with van der Waals surface area (Å²) in [6.45, 7) is 2.63. The third kappa shape index (κ3) is 5.19. The first-order valence-corrected chi connectivity index (χ1v) is 7.90. The Kier molecular flexibility index (Phi) is 6.49. The molecule has 2 rings (SSSR count). The minimum Gasteiger partial charge on any atom is -0.350 e. The maximum atomic E-state index is 13.6. The van der Waals surface area contributed by atoms with Crippen LogP contribution < -0.4 is 5.32 Å². The van der Waals surface area contributed by atoms with Crippen LogP contribution in [0.25, 0.3) is 0 Å². The van der Waals surface area contributed by atoms with Gasteiger partial charge in [-0.2, -0.15) is 0 Å². The topological polar surface area (TPSA) is 49.4 Å². The van der Waals surface area contributed by atoms with Gasteiger partial charge in [0.2, 0.25) is 5.91 Å². The van der Waals surface area contributed by atoms with Crippen LogP contribution in [0.5, 0.6) is 0 Å². The largest absolute Gasteiger partial charge is 0.350 e. The Morgan fingerprint density at radius 2 is 1.67 bits per heavy atom. The Morgan fingerprint density at radius 3 is 2.33 bits per heavy atom. The average molecular weight is 328 g/mol. The fraction of sp³-hybridized carbons (Fsp3) is 0.263. The molecule has 0 radical (unpaired) electrons. The van der Waals surface area contributed by atoms with Crippen molar-refractivity contribution in [3.8, 4) is 0 Å². The highest BCUT2D eigenvalue weighted by molar-refractivity contribution is 5.94. The second kappa shape index (κ2) is 8.82. The van der Waals surface area contributed by atoms with Crippen molar-refractivity contribution < 1.29 is 14.0 Å². The van der Waals surface area contributed by atoms with Gasteiger partial charge in [0.1, 0.15) is 5.82 Å². The Hall–Kier alpha value is -2.69. The molecule has 24 heavy (non-hydrogen) atoms. The number of carbonyl (C=O) groups excluding carboxylic acids is 2. The van der Waals surface area contributed by atoms with E-state index in [9.17, 15) is 14.0 Å². The third-order valence-corrected chi connectivity index (χ3v) is 3.76. The Bertz CT molecular complexity index is 689. The lowest BCUT2D eigenvalue weighted by Gasteiger charge is -2.21. The highest BCUT2D eigenvalue weighted by Gasteiger charge is 2.11. The number of nitrogens with one attached hydrogen (secondary N) is 1. The molecule has 0 fully saturated rings. The van der Waals surface area contributed by atoms with Crippen LogP contribution in [0.4, 0.5) is 4.39 Å². The van der Waals surface area contributed by atoms with Gasteiger partial charge in [0.15, 0.2) is 0 Å². The van der Waals surface area contributed by atoms with Crippen molar-refractivity contribution in [3.05, 3.63) is 71.5 Å². The van der Waals surface area contributed by atoms with Gasteiger partial charge in [0.05, 0.1) is 0 Å². The van der Waals surface area contributed by atoms with Crippen molar-refractivity contribution in [3.63, 3.8) is 0 Å². The second-order valence-corrected chi connectivity index (χ2v) is 5.47. The number of carbonyl (C=O) groups is 2. The monoisotopic (exact) mass is 328 g/mol. The van der Waals surface area contributed by atoms with Crippen LogP contribution in [0.3, 0.4) is 0 Å². The average Bonchev–Trinajstić information content (AvgIpc) is 2.59. The standard InChI is InChI=1S/C19H21FN2O2/c1-15(23)22(13-11-16-7-5-6-10-18(16)20)14-12-21-19(24)17-8-3-2-4-9-17/h2-10H,11-14H2,1H3,(H,21,24). The van der Waals surface area contributed by atoms with Gasteiger partial charge in [-0.05, 0) is 30.2 Å². The fourth-order valence-corrected chi connectivity index (χ4v) is 2.38. The molecule has 0 atom stereocenters. The van der Waals surface area contributed by atoms with Gasteiger partial charge < -0.3 is 10.2 Å². The number of nitrogens with zero attached hydrogens (tertiary/aromatic N) is 1. The number of hydrogen-bond acceptors (Lipinski definition) is 2. The highest BCUT2D eigenvalue weighted by Crippen LogP contribution is 2.08. The van der Waals surface area contributed by atoms with Gasteiger partial charge in [-0.25, -0.2) is 4.39 Å². The molecule has 0 heterocycles. The molecule has 0 saturated carbocycles. The normalized spacial score (nSPS) is 10.2. The fourth-order valence-electron chi connectivity index (χ4n) is 2.38. The van der Waals surface area contributed by atoms with Crippen LogP contribution >= 0.6 is 0 Å². The third-order valence-electron chi connectivity index (χ3n) is 3.76. The van der Waals surface area contributed by atoms with Crippen molar-refractivity contribution in [1.82, 2.24) is 10.2 Å². The summed E-state index contributed by atoms with van der Waals surface area (Å²) < 4.78 is 13.6. The summed E-state index contributed by atoms with van der Waals surface area (Å²) in [4.78, 5) is 25.3. The molecule has 0 unspecified atom stereocenters. The van der Waals surface area contributed by atoms with Gasteiger partial charge in [-0.15, -0.1) is 0 Å². The molecule has 126 valence electrons. The molecule has 0 aliphatic rings. The zero-order chi connectivity index (χ0) is 17.4. The maximum absolute atomic E-state index is 13.6. The summed E-state index contributed by atoms with van der Waals surface area (Å²) >= 11 is 0. The van der Waals surface area contributed by atoms with E-state index < -0.39 is 0 Å². The predicted octanol–water partition coefficient (Wildman–Crippen LogP) is 2.65. The molecule has 4 nitrogen and oxygen atoms in total. The molecule has 0 aliphatic heterocycles. The summed E-state index contributed by atoms with van der Waals surface area (Å²) in [6, 6.07) is 15.4. The van der Waals surface area contributed by atoms with Crippen molar-refractivity contribution in [2.75, 3.05) is 19.6 Å². The first-order chi connectivity index (χ1) is 11.6. The lowest BCUT2D eigenvalue weighted by atomic mass is 10.1. The van der Waals surface area contributed by atoms with Gasteiger partial charge in [-0.1, -0.05) is 36.4 Å². The molecular weight excluding hydrogens is 307 g/mol. The first-order valence-electron chi connectivity index (χ1n) is 7.90. The summed E-state index contributed by atoms with van der Waals surface area (Å²) in [5.74, 6) is -0.535. The van der Waals surface area contributed by atoms with Crippen molar-refractivity contribution in [2.45, 2.75) is 13.3 Å². The molecule has 2 aromatic carbocycles. The number of halogens is 1. The molecule has 0 spiro atoms. The van der Waals surface area contributed by atoms with Gasteiger partial charge >= 0.3 is 0 Å². The van der Waals surface area contributed by atoms with Gasteiger partial charge in [-0.3, -0.25) is 9.59 Å². The van der Waals surface area contributed by atoms with E-state index in [4.69, 9.17) is 0 Å². The van der Waals surface area contributed by atoms with E-state index in [0.29, 0.717) is 37.2 Å². The zero-order valence-electron chi connectivity index (χ0n) is 13.7. The van der Waals surface area contributed by atoms with Crippen LogP contribution in [0.1, 0.15) is 22.8 Å². The summed E-state index contributed by atoms with van der Waals surface area (Å²) in [7, 11) is 0. The van der Waals surface area contributed by atoms with Crippen LogP contribution in [-0.2, 0) is 11.2 Å². The van der Waals surface area contributed by atoms with Crippen LogP contribution in [0, 0.1) is 5.82 Å². The van der Waals surface area contributed by atoms with E-state index >= 15 is 0 Å². The highest BCUT2D eigenvalue weighted by atomic mass is 19.1. The molecule has 0 bridgehead atoms. The number of amides is 2. The zero-order valence-corrected chi connectivity index (χ0v) is 13.7. The van der Waals surface area contributed by atoms with Crippen LogP contribution in [0.15, 0.2) is 54.6 Å². The smallest absolute Gasteiger partial charge is 0.251 e. The SMILES string of the molecule is CC(=O)N(CCNC(=O)c1ccccc1)CCc1ccccc1F. The van der Waals surface area contributed by atoms with E-state index in [-0.39, 0.29) is 17.6 Å². The van der Waals surface area contributed by atoms with Gasteiger partial charge in [0, 0.05) is 32.1 Å². The quantitative estimate of drug-likeness (QED) is 0.849. The molecule has 2 amide bonds. The van der Waals surface area contributed by atoms with Crippen molar-refractivity contribution in [1.29, 1.82) is 0 Å². The molecule has 0 saturated heterocycles. The summed E-state index contributed by atoms with van der Waals surface area (Å²) in [6.07, 6.45) is 0.443. The number of hydrogen-bond donors (Lipinski definition) is 1. The minimum absolute atomic E-state index is 0.0969. The Balaban J connectivity index is 1.82. The van der Waals surface area contributed by atoms with Gasteiger partial charge in [0.25, 0.3) is 5.91 Å². The van der Waals surface area contributed by atoms with E-state index in [1.54, 1.807) is 47.4 Å². The summed E-state index contributed by atoms with van der Waals surface area (Å²) in [5, 5.41) is 2.79. The number of rotatable bonds is 7. The number of benzene rings is 2. The van der Waals surface area contributed by atoms with E-state index in [1.807, 2.05) is 6.07 Å². The Morgan fingerprint density at radius 1 is 1.00 bits per heavy atom. The lowest BCUT2D eigenvalue weighted by Crippen LogP contribution is -2.38. The van der Waals surface area contributed by atoms with Crippen molar-refractivity contribution >= 4 is 11.8 Å². The second-order valence-electron chi connectivity index (χ2n) is 5.47. The lowest BCUT2D eigenvalue weighted by molar-refractivity contribution is -0.128. The van der Waals surface area contributed by atoms with E-state index in [2.05, 4.69) is 5.32 Å². The van der Waals surface area contributed by atoms with E-state index in [1.165, 1.54) is 13.0 Å². The van der Waals surface area contributed by atoms with E-state index in [0.717, 1.165) is 0 Å². The van der Waals surface area contributed by atoms with Crippen LogP contribution in [-0.4, -0.2) is 36.3 Å². The maximum Gasteiger partial charge on any atom is 0.251 e. The predicted molar refractivity (Wildman–Crippen MR) is 91.1 cm³/mol. The molecule has 5 heteroatoms. The molecule has 2 aromatic rings. The van der Waals surface area contributed by atoms with Crippen molar-refractivity contribution in [2.24, 2.45) is 0 Å². The molecular formula is C19H21FN2O2. The molecule has 0 aromatic heterocycles. The molecule has 0 aliphatic carbocycles. The van der Waals surface area contributed by atoms with Crippen LogP contribution in [0.2, 0.25) is 0 Å². The summed E-state index contributed by atoms with van der Waals surface area (Å²) in [5.41, 5.74) is 1.16. The first kappa shape index (κ1) is 17.7. The Labute approximate surface area is 141 Å². The minimum atomic E-state index is -0.265.